The van der Waals surface area contributed by atoms with Gasteiger partial charge < -0.3 is 5.11 Å². The third-order valence-corrected chi connectivity index (χ3v) is 2.73. The first-order chi connectivity index (χ1) is 8.29. The molecular weight excluding hydrogens is 233 g/mol. The number of aromatic carboxylic acids is 1. The normalized spacial score (nSPS) is 11.6. The fraction of sp³-hybridized carbons (Fsp3) is 0.571. The highest BCUT2D eigenvalue weighted by Gasteiger charge is 2.12. The molecule has 4 heteroatoms. The zero-order chi connectivity index (χ0) is 13.8. The molecule has 0 aromatic carbocycles. The van der Waals surface area contributed by atoms with E-state index in [0.29, 0.717) is 6.42 Å². The number of carbonyl (C=O) groups is 1. The predicted octanol–water partition coefficient (Wildman–Crippen LogP) is 3.68. The van der Waals surface area contributed by atoms with Gasteiger partial charge in [0.05, 0.1) is 5.69 Å². The van der Waals surface area contributed by atoms with Crippen molar-refractivity contribution in [1.29, 1.82) is 0 Å². The Balaban J connectivity index is 2.56. The van der Waals surface area contributed by atoms with Gasteiger partial charge in [0.1, 0.15) is 11.5 Å². The minimum atomic E-state index is -1.12. The van der Waals surface area contributed by atoms with Crippen molar-refractivity contribution >= 4 is 5.97 Å². The van der Waals surface area contributed by atoms with Gasteiger partial charge in [-0.2, -0.15) is 0 Å². The van der Waals surface area contributed by atoms with Crippen molar-refractivity contribution in [2.45, 2.75) is 46.5 Å². The molecular formula is C14H20FNO2. The van der Waals surface area contributed by atoms with Crippen LogP contribution >= 0.6 is 0 Å². The summed E-state index contributed by atoms with van der Waals surface area (Å²) in [6.45, 7) is 6.49. The number of aromatic nitrogens is 1. The molecule has 1 N–H and O–H groups in total. The van der Waals surface area contributed by atoms with E-state index in [1.807, 2.05) is 0 Å². The van der Waals surface area contributed by atoms with Gasteiger partial charge in [-0.15, -0.1) is 0 Å². The first-order valence-corrected chi connectivity index (χ1v) is 6.18. The molecule has 0 saturated carbocycles. The van der Waals surface area contributed by atoms with E-state index in [1.165, 1.54) is 12.1 Å². The lowest BCUT2D eigenvalue weighted by atomic mass is 9.89. The Kier molecular flexibility index (Phi) is 4.82. The molecule has 0 aliphatic heterocycles. The molecule has 1 rings (SSSR count). The van der Waals surface area contributed by atoms with Gasteiger partial charge in [0.15, 0.2) is 0 Å². The maximum Gasteiger partial charge on any atom is 0.354 e. The monoisotopic (exact) mass is 253 g/mol. The second kappa shape index (κ2) is 5.94. The lowest BCUT2D eigenvalue weighted by molar-refractivity contribution is 0.0690. The summed E-state index contributed by atoms with van der Waals surface area (Å²) in [4.78, 5) is 14.6. The molecule has 0 unspecified atom stereocenters. The standard InChI is InChI=1S/C14H20FNO2/c1-14(2,3)9-5-4-6-11-10(15)7-8-12(16-11)13(17)18/h7-8H,4-6,9H2,1-3H3,(H,17,18). The summed E-state index contributed by atoms with van der Waals surface area (Å²) in [6, 6.07) is 2.37. The second-order valence-corrected chi connectivity index (χ2v) is 5.70. The first-order valence-electron chi connectivity index (χ1n) is 6.18. The van der Waals surface area contributed by atoms with Crippen molar-refractivity contribution in [3.8, 4) is 0 Å². The number of nitrogens with zero attached hydrogens (tertiary/aromatic N) is 1. The predicted molar refractivity (Wildman–Crippen MR) is 68.2 cm³/mol. The molecule has 1 heterocycles. The Morgan fingerprint density at radius 3 is 2.56 bits per heavy atom. The van der Waals surface area contributed by atoms with E-state index < -0.39 is 11.8 Å². The van der Waals surface area contributed by atoms with E-state index in [4.69, 9.17) is 5.11 Å². The lowest BCUT2D eigenvalue weighted by Gasteiger charge is -2.17. The summed E-state index contributed by atoms with van der Waals surface area (Å²) in [5, 5.41) is 8.79. The highest BCUT2D eigenvalue weighted by molar-refractivity contribution is 5.85. The number of hydrogen-bond donors (Lipinski definition) is 1. The third kappa shape index (κ3) is 4.82. The Bertz CT molecular complexity index is 424. The van der Waals surface area contributed by atoms with Crippen molar-refractivity contribution < 1.29 is 14.3 Å². The van der Waals surface area contributed by atoms with E-state index in [2.05, 4.69) is 25.8 Å². The zero-order valence-corrected chi connectivity index (χ0v) is 11.2. The summed E-state index contributed by atoms with van der Waals surface area (Å²) in [7, 11) is 0. The van der Waals surface area contributed by atoms with Gasteiger partial charge in [-0.05, 0) is 36.8 Å². The zero-order valence-electron chi connectivity index (χ0n) is 11.2. The first kappa shape index (κ1) is 14.6. The van der Waals surface area contributed by atoms with E-state index in [-0.39, 0.29) is 16.8 Å². The quantitative estimate of drug-likeness (QED) is 0.814. The third-order valence-electron chi connectivity index (χ3n) is 2.73. The summed E-state index contributed by atoms with van der Waals surface area (Å²) in [6.07, 6.45) is 3.36. The van der Waals surface area contributed by atoms with Crippen molar-refractivity contribution in [3.63, 3.8) is 0 Å². The SMILES string of the molecule is CC(C)(C)CCCCc1nc(C(=O)O)ccc1F. The number of rotatable bonds is 5. The molecule has 0 atom stereocenters. The smallest absolute Gasteiger partial charge is 0.354 e. The molecule has 100 valence electrons. The van der Waals surface area contributed by atoms with Crippen molar-refractivity contribution in [1.82, 2.24) is 4.98 Å². The van der Waals surface area contributed by atoms with Crippen LogP contribution in [0.4, 0.5) is 4.39 Å². The summed E-state index contributed by atoms with van der Waals surface area (Å²) in [5.74, 6) is -1.54. The van der Waals surface area contributed by atoms with Crippen LogP contribution in [-0.4, -0.2) is 16.1 Å². The average Bonchev–Trinajstić information content (AvgIpc) is 2.24. The van der Waals surface area contributed by atoms with Gasteiger partial charge in [-0.3, -0.25) is 0 Å². The summed E-state index contributed by atoms with van der Waals surface area (Å²) in [5.41, 5.74) is 0.431. The van der Waals surface area contributed by atoms with Crippen molar-refractivity contribution in [2.24, 2.45) is 5.41 Å². The van der Waals surface area contributed by atoms with Gasteiger partial charge >= 0.3 is 5.97 Å². The molecule has 0 bridgehead atoms. The van der Waals surface area contributed by atoms with Crippen LogP contribution in [0.5, 0.6) is 0 Å². The Morgan fingerprint density at radius 2 is 2.00 bits per heavy atom. The Hall–Kier alpha value is -1.45. The number of carboxylic acids is 1. The van der Waals surface area contributed by atoms with E-state index >= 15 is 0 Å². The van der Waals surface area contributed by atoms with Crippen molar-refractivity contribution in [3.05, 3.63) is 29.3 Å². The number of aryl methyl sites for hydroxylation is 1. The van der Waals surface area contributed by atoms with E-state index in [0.717, 1.165) is 19.3 Å². The molecule has 0 saturated heterocycles. The summed E-state index contributed by atoms with van der Waals surface area (Å²) >= 11 is 0. The van der Waals surface area contributed by atoms with Crippen LogP contribution in [0, 0.1) is 11.2 Å². The Labute approximate surface area is 107 Å². The molecule has 0 aliphatic carbocycles. The van der Waals surface area contributed by atoms with Gasteiger partial charge in [-0.1, -0.05) is 27.2 Å². The van der Waals surface area contributed by atoms with Gasteiger partial charge in [-0.25, -0.2) is 14.2 Å². The van der Waals surface area contributed by atoms with Gasteiger partial charge in [0, 0.05) is 0 Å². The van der Waals surface area contributed by atoms with Gasteiger partial charge in [0.2, 0.25) is 0 Å². The fourth-order valence-corrected chi connectivity index (χ4v) is 1.73. The molecule has 0 fully saturated rings. The minimum absolute atomic E-state index is 0.0952. The molecule has 1 aromatic rings. The number of hydrogen-bond acceptors (Lipinski definition) is 2. The molecule has 0 spiro atoms. The lowest BCUT2D eigenvalue weighted by Crippen LogP contribution is -2.07. The topological polar surface area (TPSA) is 50.2 Å². The van der Waals surface area contributed by atoms with E-state index in [1.54, 1.807) is 0 Å². The van der Waals surface area contributed by atoms with Crippen LogP contribution in [0.2, 0.25) is 0 Å². The van der Waals surface area contributed by atoms with Crippen molar-refractivity contribution in [2.75, 3.05) is 0 Å². The van der Waals surface area contributed by atoms with E-state index in [9.17, 15) is 9.18 Å². The minimum Gasteiger partial charge on any atom is -0.477 e. The van der Waals surface area contributed by atoms with Crippen LogP contribution < -0.4 is 0 Å². The highest BCUT2D eigenvalue weighted by Crippen LogP contribution is 2.22. The average molecular weight is 253 g/mol. The fourth-order valence-electron chi connectivity index (χ4n) is 1.73. The highest BCUT2D eigenvalue weighted by atomic mass is 19.1. The maximum atomic E-state index is 13.4. The summed E-state index contributed by atoms with van der Waals surface area (Å²) < 4.78 is 13.4. The van der Waals surface area contributed by atoms with Gasteiger partial charge in [0.25, 0.3) is 0 Å². The van der Waals surface area contributed by atoms with Crippen LogP contribution in [0.1, 0.15) is 56.2 Å². The second-order valence-electron chi connectivity index (χ2n) is 5.70. The Morgan fingerprint density at radius 1 is 1.33 bits per heavy atom. The number of halogens is 1. The van der Waals surface area contributed by atoms with Crippen LogP contribution in [0.3, 0.4) is 0 Å². The van der Waals surface area contributed by atoms with Crippen LogP contribution in [0.25, 0.3) is 0 Å². The molecule has 1 aromatic heterocycles. The molecule has 18 heavy (non-hydrogen) atoms. The largest absolute Gasteiger partial charge is 0.477 e. The molecule has 0 aliphatic rings. The molecule has 0 radical (unpaired) electrons. The number of carboxylic acid groups (broad SMARTS) is 1. The number of pyridine rings is 1. The maximum absolute atomic E-state index is 13.4. The van der Waals surface area contributed by atoms with Crippen LogP contribution in [0.15, 0.2) is 12.1 Å². The molecule has 3 nitrogen and oxygen atoms in total. The number of unbranched alkanes of at least 4 members (excludes halogenated alkanes) is 1. The van der Waals surface area contributed by atoms with Crippen LogP contribution in [-0.2, 0) is 6.42 Å². The molecule has 0 amide bonds.